The van der Waals surface area contributed by atoms with Crippen LogP contribution in [0.1, 0.15) is 128 Å². The Morgan fingerprint density at radius 2 is 0.816 bits per heavy atom. The molecule has 0 atom stereocenters. The molecule has 4 rings (SSSR count). The molecule has 0 spiro atoms. The van der Waals surface area contributed by atoms with Gasteiger partial charge < -0.3 is 39.7 Å². The second-order valence-corrected chi connectivity index (χ2v) is 14.5. The Morgan fingerprint density at radius 3 is 1.11 bits per heavy atom. The molecule has 4 aliphatic rings. The van der Waals surface area contributed by atoms with Gasteiger partial charge in [-0.2, -0.15) is 0 Å². The topological polar surface area (TPSA) is 23.5 Å². The number of hydrogen-bond acceptors (Lipinski definition) is 2. The van der Waals surface area contributed by atoms with E-state index >= 15 is 0 Å². The minimum Gasteiger partial charge on any atom is -0.396 e. The smallest absolute Gasteiger partial charge is 0.396 e. The van der Waals surface area contributed by atoms with Gasteiger partial charge in [0.15, 0.2) is 0 Å². The van der Waals surface area contributed by atoms with E-state index < -0.39 is 0 Å². The zero-order valence-corrected chi connectivity index (χ0v) is 32.2. The monoisotopic (exact) mass is 845 g/mol. The van der Waals surface area contributed by atoms with Crippen LogP contribution in [0.5, 0.6) is 0 Å². The molecule has 234 valence electrons. The molecule has 0 bridgehead atoms. The van der Waals surface area contributed by atoms with E-state index in [0.717, 1.165) is 26.1 Å². The van der Waals surface area contributed by atoms with Crippen LogP contribution in [0.2, 0.25) is 0 Å². The summed E-state index contributed by atoms with van der Waals surface area (Å²) < 4.78 is 2.03. The van der Waals surface area contributed by atoms with Crippen molar-refractivity contribution < 1.29 is 39.2 Å². The van der Waals surface area contributed by atoms with Crippen LogP contribution in [0.3, 0.4) is 0 Å². The third-order valence-electron chi connectivity index (χ3n) is 7.93. The molecule has 38 heavy (non-hydrogen) atoms. The molecule has 6 heteroatoms. The number of aliphatic hydroxyl groups is 1. The molecule has 0 heterocycles. The van der Waals surface area contributed by atoms with E-state index in [0.29, 0.717) is 6.61 Å². The van der Waals surface area contributed by atoms with Gasteiger partial charge >= 0.3 is 34.1 Å². The van der Waals surface area contributed by atoms with Crippen LogP contribution in [0.4, 0.5) is 0 Å². The van der Waals surface area contributed by atoms with Gasteiger partial charge in [-0.05, 0) is 82.6 Å². The largest absolute Gasteiger partial charge is 2.00 e. The molecule has 2 nitrogen and oxygen atoms in total. The molecule has 0 aromatic rings. The maximum Gasteiger partial charge on any atom is 2.00 e. The summed E-state index contributed by atoms with van der Waals surface area (Å²) in [7, 11) is 0. The van der Waals surface area contributed by atoms with Gasteiger partial charge in [-0.1, -0.05) is 109 Å². The minimum atomic E-state index is 0. The van der Waals surface area contributed by atoms with Gasteiger partial charge in [-0.15, -0.1) is 0 Å². The van der Waals surface area contributed by atoms with Crippen LogP contribution in [-0.4, -0.2) is 44.1 Å². The SMILES string of the molecule is IC1CCCC1.IC1CCCC1.OCCCCCCN(CC1CCCC1)CC1CCCC1.[CH3-].[CH3-].[CH3-].[CH3-].[Fe+2].[Fe+2]. The third-order valence-corrected chi connectivity index (χ3v) is 10.4. The fraction of sp³-hybridized carbons (Fsp3) is 0.875. The summed E-state index contributed by atoms with van der Waals surface area (Å²) in [6, 6.07) is 0. The van der Waals surface area contributed by atoms with E-state index in [1.807, 2.05) is 0 Å². The molecule has 0 aromatic heterocycles. The second-order valence-electron chi connectivity index (χ2n) is 11.0. The predicted molar refractivity (Wildman–Crippen MR) is 184 cm³/mol. The Kier molecular flexibility index (Phi) is 44.7. The number of rotatable bonds is 10. The number of hydrogen-bond donors (Lipinski definition) is 1. The summed E-state index contributed by atoms with van der Waals surface area (Å²) in [6.45, 7) is 4.42. The number of halogens is 2. The van der Waals surface area contributed by atoms with Crippen molar-refractivity contribution in [2.45, 2.75) is 136 Å². The molecule has 4 aliphatic carbocycles. The maximum atomic E-state index is 8.84. The van der Waals surface area contributed by atoms with Crippen LogP contribution >= 0.6 is 45.2 Å². The van der Waals surface area contributed by atoms with Crippen molar-refractivity contribution >= 4 is 45.2 Å². The van der Waals surface area contributed by atoms with Crippen LogP contribution in [-0.2, 0) is 34.1 Å². The van der Waals surface area contributed by atoms with E-state index in [-0.39, 0.29) is 63.8 Å². The molecule has 0 radical (unpaired) electrons. The van der Waals surface area contributed by atoms with Crippen LogP contribution in [0.25, 0.3) is 0 Å². The number of nitrogens with zero attached hydrogens (tertiary/aromatic N) is 1. The Hall–Kier alpha value is 2.42. The quantitative estimate of drug-likeness (QED) is 0.0779. The molecule has 4 fully saturated rings. The van der Waals surface area contributed by atoms with Gasteiger partial charge in [0, 0.05) is 27.5 Å². The first-order valence-electron chi connectivity index (χ1n) is 14.3. The van der Waals surface area contributed by atoms with Gasteiger partial charge in [0.25, 0.3) is 0 Å². The van der Waals surface area contributed by atoms with E-state index in [1.165, 1.54) is 142 Å². The zero-order valence-electron chi connectivity index (χ0n) is 25.6. The zero-order chi connectivity index (χ0) is 22.9. The molecular weight excluding hydrogens is 780 g/mol. The van der Waals surface area contributed by atoms with Gasteiger partial charge in [0.05, 0.1) is 0 Å². The Bertz CT molecular complexity index is 392. The second kappa shape index (κ2) is 33.9. The van der Waals surface area contributed by atoms with E-state index in [2.05, 4.69) is 50.1 Å². The Labute approximate surface area is 290 Å². The molecule has 4 saturated carbocycles. The molecule has 0 aliphatic heterocycles. The third kappa shape index (κ3) is 26.1. The van der Waals surface area contributed by atoms with Crippen LogP contribution < -0.4 is 0 Å². The molecular formula is C32H65Fe2I2NO. The van der Waals surface area contributed by atoms with Crippen molar-refractivity contribution in [1.29, 1.82) is 0 Å². The van der Waals surface area contributed by atoms with Crippen molar-refractivity contribution in [3.8, 4) is 0 Å². The van der Waals surface area contributed by atoms with Crippen molar-refractivity contribution in [1.82, 2.24) is 4.90 Å². The first kappa shape index (κ1) is 50.1. The average molecular weight is 845 g/mol. The van der Waals surface area contributed by atoms with E-state index in [4.69, 9.17) is 5.11 Å². The van der Waals surface area contributed by atoms with Crippen LogP contribution in [0, 0.1) is 41.5 Å². The summed E-state index contributed by atoms with van der Waals surface area (Å²) in [4.78, 5) is 2.80. The average Bonchev–Trinajstić information content (AvgIpc) is 3.59. The summed E-state index contributed by atoms with van der Waals surface area (Å²) in [5.41, 5.74) is 0. The summed E-state index contributed by atoms with van der Waals surface area (Å²) in [5.74, 6) is 1.99. The number of aliphatic hydroxyl groups excluding tert-OH is 1. The first-order valence-corrected chi connectivity index (χ1v) is 16.8. The van der Waals surface area contributed by atoms with Crippen molar-refractivity contribution in [3.05, 3.63) is 29.7 Å². The summed E-state index contributed by atoms with van der Waals surface area (Å²) in [6.07, 6.45) is 28.4. The summed E-state index contributed by atoms with van der Waals surface area (Å²) >= 11 is 5.06. The Balaban J connectivity index is -0.000000170. The fourth-order valence-corrected chi connectivity index (χ4v) is 7.69. The molecule has 0 amide bonds. The van der Waals surface area contributed by atoms with Gasteiger partial charge in [0.2, 0.25) is 0 Å². The molecule has 0 saturated heterocycles. The van der Waals surface area contributed by atoms with Crippen molar-refractivity contribution in [3.63, 3.8) is 0 Å². The number of unbranched alkanes of at least 4 members (excludes halogenated alkanes) is 3. The van der Waals surface area contributed by atoms with Crippen molar-refractivity contribution in [2.75, 3.05) is 26.2 Å². The van der Waals surface area contributed by atoms with E-state index in [1.54, 1.807) is 0 Å². The molecule has 0 unspecified atom stereocenters. The fourth-order valence-electron chi connectivity index (χ4n) is 5.93. The standard InChI is InChI=1S/C18H35NO.2C5H9I.4CH3.2Fe/c20-14-8-2-1-7-13-19(15-17-9-3-4-10-17)16-18-11-5-6-12-18;2*6-5-3-1-2-4-5;;;;;;/h17-18,20H,1-16H2;2*5H,1-4H2;4*1H3;;/q;;;4*-1;2*+2. The minimum absolute atomic E-state index is 0. The first-order chi connectivity index (χ1) is 15.7. The molecule has 1 N–H and O–H groups in total. The maximum absolute atomic E-state index is 8.84. The Morgan fingerprint density at radius 1 is 0.500 bits per heavy atom. The van der Waals surface area contributed by atoms with Gasteiger partial charge in [-0.25, -0.2) is 0 Å². The normalized spacial score (nSPS) is 19.3. The molecule has 0 aromatic carbocycles. The number of alkyl halides is 2. The van der Waals surface area contributed by atoms with E-state index in [9.17, 15) is 0 Å². The van der Waals surface area contributed by atoms with Gasteiger partial charge in [-0.3, -0.25) is 0 Å². The summed E-state index contributed by atoms with van der Waals surface area (Å²) in [5, 5.41) is 8.84. The predicted octanol–water partition coefficient (Wildman–Crippen LogP) is 10.7. The van der Waals surface area contributed by atoms with Gasteiger partial charge in [0.1, 0.15) is 0 Å². The van der Waals surface area contributed by atoms with Crippen LogP contribution in [0.15, 0.2) is 0 Å². The van der Waals surface area contributed by atoms with Crippen molar-refractivity contribution in [2.24, 2.45) is 11.8 Å².